The number of halogens is 1. The predicted molar refractivity (Wildman–Crippen MR) is 118 cm³/mol. The third-order valence-electron chi connectivity index (χ3n) is 5.09. The van der Waals surface area contributed by atoms with Crippen LogP contribution in [0.1, 0.15) is 29.7 Å². The van der Waals surface area contributed by atoms with Crippen LogP contribution in [0.3, 0.4) is 0 Å². The van der Waals surface area contributed by atoms with Crippen LogP contribution >= 0.6 is 22.6 Å². The highest BCUT2D eigenvalue weighted by molar-refractivity contribution is 14.1. The molecule has 0 aliphatic carbocycles. The van der Waals surface area contributed by atoms with Crippen molar-refractivity contribution in [2.24, 2.45) is 0 Å². The molecule has 5 heteroatoms. The molecular formula is C22H24IN3O. The fourth-order valence-corrected chi connectivity index (χ4v) is 3.96. The highest BCUT2D eigenvalue weighted by Crippen LogP contribution is 2.29. The molecule has 1 aromatic heterocycles. The molecular weight excluding hydrogens is 449 g/mol. The van der Waals surface area contributed by atoms with Crippen LogP contribution in [0.4, 0.5) is 5.82 Å². The van der Waals surface area contributed by atoms with Gasteiger partial charge in [0.1, 0.15) is 11.6 Å². The number of aryl methyl sites for hydroxylation is 2. The van der Waals surface area contributed by atoms with Crippen LogP contribution in [-0.4, -0.2) is 23.4 Å². The van der Waals surface area contributed by atoms with Crippen molar-refractivity contribution in [3.8, 4) is 11.4 Å². The molecule has 3 aromatic rings. The lowest BCUT2D eigenvalue weighted by Gasteiger charge is -2.09. The Kier molecular flexibility index (Phi) is 5.66. The van der Waals surface area contributed by atoms with Crippen LogP contribution < -0.4 is 10.1 Å². The van der Waals surface area contributed by atoms with Gasteiger partial charge in [-0.2, -0.15) is 5.10 Å². The van der Waals surface area contributed by atoms with Gasteiger partial charge in [-0.15, -0.1) is 0 Å². The lowest BCUT2D eigenvalue weighted by molar-refractivity contribution is 0.414. The SMILES string of the molecule is COc1ccc(CCc2nn(-c3ccc(I)cc3)c3c2CCCCN3)cc1. The summed E-state index contributed by atoms with van der Waals surface area (Å²) < 4.78 is 8.59. The first-order valence-corrected chi connectivity index (χ1v) is 10.6. The summed E-state index contributed by atoms with van der Waals surface area (Å²) in [4.78, 5) is 0. The number of hydrogen-bond donors (Lipinski definition) is 1. The van der Waals surface area contributed by atoms with Gasteiger partial charge in [-0.1, -0.05) is 12.1 Å². The minimum atomic E-state index is 0.903. The fourth-order valence-electron chi connectivity index (χ4n) is 3.60. The summed E-state index contributed by atoms with van der Waals surface area (Å²) in [6.45, 7) is 1.01. The first-order chi connectivity index (χ1) is 13.2. The van der Waals surface area contributed by atoms with E-state index in [1.807, 2.05) is 12.1 Å². The minimum Gasteiger partial charge on any atom is -0.497 e. The van der Waals surface area contributed by atoms with Crippen molar-refractivity contribution in [3.05, 3.63) is 68.9 Å². The Morgan fingerprint density at radius 1 is 1.04 bits per heavy atom. The Hall–Kier alpha value is -2.02. The van der Waals surface area contributed by atoms with Gasteiger partial charge in [-0.3, -0.25) is 0 Å². The number of rotatable bonds is 5. The molecule has 0 radical (unpaired) electrons. The summed E-state index contributed by atoms with van der Waals surface area (Å²) in [5.41, 5.74) is 5.04. The maximum absolute atomic E-state index is 5.26. The van der Waals surface area contributed by atoms with Crippen molar-refractivity contribution in [2.75, 3.05) is 19.0 Å². The van der Waals surface area contributed by atoms with E-state index in [2.05, 4.69) is 69.0 Å². The monoisotopic (exact) mass is 473 g/mol. The maximum atomic E-state index is 5.26. The van der Waals surface area contributed by atoms with Crippen molar-refractivity contribution in [2.45, 2.75) is 32.1 Å². The van der Waals surface area contributed by atoms with Crippen molar-refractivity contribution in [1.82, 2.24) is 9.78 Å². The van der Waals surface area contributed by atoms with E-state index in [1.165, 1.54) is 39.1 Å². The normalized spacial score (nSPS) is 13.6. The maximum Gasteiger partial charge on any atom is 0.133 e. The summed E-state index contributed by atoms with van der Waals surface area (Å²) >= 11 is 2.34. The van der Waals surface area contributed by atoms with E-state index in [9.17, 15) is 0 Å². The highest BCUT2D eigenvalue weighted by atomic mass is 127. The Balaban J connectivity index is 1.62. The number of ether oxygens (including phenoxy) is 1. The first-order valence-electron chi connectivity index (χ1n) is 9.48. The molecule has 0 bridgehead atoms. The number of anilines is 1. The van der Waals surface area contributed by atoms with Gasteiger partial charge >= 0.3 is 0 Å². The van der Waals surface area contributed by atoms with Gasteiger partial charge in [0.05, 0.1) is 18.5 Å². The molecule has 0 unspecified atom stereocenters. The molecule has 1 N–H and O–H groups in total. The van der Waals surface area contributed by atoms with Gasteiger partial charge < -0.3 is 10.1 Å². The van der Waals surface area contributed by atoms with E-state index in [4.69, 9.17) is 9.84 Å². The zero-order valence-corrected chi connectivity index (χ0v) is 17.7. The van der Waals surface area contributed by atoms with Gasteiger partial charge in [-0.25, -0.2) is 4.68 Å². The molecule has 0 fully saturated rings. The van der Waals surface area contributed by atoms with Crippen LogP contribution in [0.5, 0.6) is 5.75 Å². The first kappa shape index (κ1) is 18.3. The lowest BCUT2D eigenvalue weighted by atomic mass is 10.0. The van der Waals surface area contributed by atoms with Crippen molar-refractivity contribution in [1.29, 1.82) is 0 Å². The van der Waals surface area contributed by atoms with Crippen LogP contribution in [0.25, 0.3) is 5.69 Å². The molecule has 0 atom stereocenters. The summed E-state index contributed by atoms with van der Waals surface area (Å²) in [7, 11) is 1.70. The Labute approximate surface area is 174 Å². The summed E-state index contributed by atoms with van der Waals surface area (Å²) in [5, 5.41) is 8.63. The van der Waals surface area contributed by atoms with Gasteiger partial charge in [0.2, 0.25) is 0 Å². The van der Waals surface area contributed by atoms with Gasteiger partial charge in [0.15, 0.2) is 0 Å². The van der Waals surface area contributed by atoms with Gasteiger partial charge in [0, 0.05) is 15.7 Å². The standard InChI is InChI=1S/C22H24IN3O/c1-27-19-12-5-16(6-13-19)7-14-21-20-4-2-3-15-24-22(20)26(25-21)18-10-8-17(23)9-11-18/h5-6,8-13,24H,2-4,7,14-15H2,1H3. The van der Waals surface area contributed by atoms with Crippen LogP contribution in [-0.2, 0) is 19.3 Å². The average Bonchev–Trinajstić information content (AvgIpc) is 2.88. The molecule has 2 aromatic carbocycles. The molecule has 1 aliphatic heterocycles. The van der Waals surface area contributed by atoms with E-state index < -0.39 is 0 Å². The summed E-state index contributed by atoms with van der Waals surface area (Å²) in [6.07, 6.45) is 5.46. The predicted octanol–water partition coefficient (Wildman–Crippen LogP) is 5.02. The van der Waals surface area contributed by atoms with Crippen molar-refractivity contribution >= 4 is 28.4 Å². The van der Waals surface area contributed by atoms with E-state index in [0.29, 0.717) is 0 Å². The second-order valence-electron chi connectivity index (χ2n) is 6.89. The summed E-state index contributed by atoms with van der Waals surface area (Å²) in [6, 6.07) is 16.9. The molecule has 0 spiro atoms. The number of methoxy groups -OCH3 is 1. The van der Waals surface area contributed by atoms with Crippen LogP contribution in [0, 0.1) is 3.57 Å². The molecule has 2 heterocycles. The number of hydrogen-bond acceptors (Lipinski definition) is 3. The largest absolute Gasteiger partial charge is 0.497 e. The third kappa shape index (κ3) is 4.13. The number of fused-ring (bicyclic) bond motifs is 1. The zero-order chi connectivity index (χ0) is 18.6. The smallest absolute Gasteiger partial charge is 0.133 e. The van der Waals surface area contributed by atoms with Gasteiger partial charge in [0.25, 0.3) is 0 Å². The second-order valence-corrected chi connectivity index (χ2v) is 8.14. The van der Waals surface area contributed by atoms with E-state index in [-0.39, 0.29) is 0 Å². The third-order valence-corrected chi connectivity index (χ3v) is 5.81. The Bertz CT molecular complexity index is 901. The molecule has 0 saturated carbocycles. The van der Waals surface area contributed by atoms with Gasteiger partial charge in [-0.05, 0) is 96.7 Å². The highest BCUT2D eigenvalue weighted by Gasteiger charge is 2.20. The number of nitrogens with zero attached hydrogens (tertiary/aromatic N) is 2. The second kappa shape index (κ2) is 8.33. The minimum absolute atomic E-state index is 0.903. The quantitative estimate of drug-likeness (QED) is 0.529. The van der Waals surface area contributed by atoms with E-state index in [0.717, 1.165) is 37.2 Å². The molecule has 1 aliphatic rings. The molecule has 140 valence electrons. The van der Waals surface area contributed by atoms with Crippen LogP contribution in [0.2, 0.25) is 0 Å². The Morgan fingerprint density at radius 2 is 1.81 bits per heavy atom. The molecule has 4 rings (SSSR count). The number of benzene rings is 2. The molecule has 0 saturated heterocycles. The lowest BCUT2D eigenvalue weighted by Crippen LogP contribution is -2.07. The fraction of sp³-hybridized carbons (Fsp3) is 0.318. The van der Waals surface area contributed by atoms with E-state index >= 15 is 0 Å². The van der Waals surface area contributed by atoms with Crippen molar-refractivity contribution < 1.29 is 4.74 Å². The van der Waals surface area contributed by atoms with E-state index in [1.54, 1.807) is 7.11 Å². The molecule has 27 heavy (non-hydrogen) atoms. The molecule has 0 amide bonds. The average molecular weight is 473 g/mol. The topological polar surface area (TPSA) is 39.1 Å². The summed E-state index contributed by atoms with van der Waals surface area (Å²) in [5.74, 6) is 2.08. The number of nitrogens with one attached hydrogen (secondary N) is 1. The Morgan fingerprint density at radius 3 is 2.56 bits per heavy atom. The zero-order valence-electron chi connectivity index (χ0n) is 15.5. The number of aromatic nitrogens is 2. The van der Waals surface area contributed by atoms with Crippen LogP contribution in [0.15, 0.2) is 48.5 Å². The molecule has 4 nitrogen and oxygen atoms in total. The van der Waals surface area contributed by atoms with Crippen molar-refractivity contribution in [3.63, 3.8) is 0 Å².